The molecule has 0 radical (unpaired) electrons. The van der Waals surface area contributed by atoms with Crippen LogP contribution in [0.1, 0.15) is 38.7 Å². The molecule has 1 atom stereocenters. The molecule has 2 aromatic carbocycles. The van der Waals surface area contributed by atoms with Crippen molar-refractivity contribution in [2.24, 2.45) is 0 Å². The molecule has 1 N–H and O–H groups in total. The van der Waals surface area contributed by atoms with Gasteiger partial charge in [0.05, 0.1) is 10.4 Å². The Balaban J connectivity index is 0.00000304. The predicted octanol–water partition coefficient (Wildman–Crippen LogP) is 5.25. The number of halogens is 1. The number of nitrogens with one attached hydrogen (secondary N) is 1. The molecule has 7 nitrogen and oxygen atoms in total. The van der Waals surface area contributed by atoms with E-state index in [0.29, 0.717) is 29.1 Å². The number of fused-ring (bicyclic) bond motifs is 1. The number of rotatable bonds is 6. The molecule has 3 heterocycles. The van der Waals surface area contributed by atoms with Crippen molar-refractivity contribution in [3.63, 3.8) is 0 Å². The van der Waals surface area contributed by atoms with Crippen LogP contribution in [0.5, 0.6) is 0 Å². The van der Waals surface area contributed by atoms with Gasteiger partial charge < -0.3 is 9.47 Å². The second-order valence-corrected chi connectivity index (χ2v) is 11.3. The fraction of sp³-hybridized carbons (Fsp3) is 0.280. The standard InChI is InChI=1S/C25H25FN4O3S2.H2/c1-17(30-15-11-21-22(26)3-2-4-23(21)30)24(31)29-13-9-19(10-14-29)18-5-7-20(8-6-18)35(32,33)28-25-27-12-16-34-25;/h2-8,11-12,15-17,19H,9-10,13-14H2,1H3,(H,27,28);1H/t17-;/m1./s1. The SMILES string of the molecule is C[C@H](C(=O)N1CCC(c2ccc(S(=O)(=O)Nc3nccs3)cc2)CC1)n1ccc2c(F)cccc21.[HH]. The molecule has 1 amide bonds. The lowest BCUT2D eigenvalue weighted by Crippen LogP contribution is -2.41. The number of thiazole rings is 1. The summed E-state index contributed by atoms with van der Waals surface area (Å²) in [6.07, 6.45) is 4.90. The Hall–Kier alpha value is -3.24. The number of carbonyl (C=O) groups is 1. The minimum Gasteiger partial charge on any atom is -0.341 e. The predicted molar refractivity (Wildman–Crippen MR) is 137 cm³/mol. The van der Waals surface area contributed by atoms with E-state index in [1.54, 1.807) is 42.0 Å². The van der Waals surface area contributed by atoms with Gasteiger partial charge in [0, 0.05) is 37.7 Å². The number of anilines is 1. The van der Waals surface area contributed by atoms with Crippen molar-refractivity contribution >= 4 is 43.3 Å². The minimum absolute atomic E-state index is 0. The first kappa shape index (κ1) is 23.5. The molecule has 0 bridgehead atoms. The average Bonchev–Trinajstić information content (AvgIpc) is 3.54. The molecule has 184 valence electrons. The number of hydrogen-bond donors (Lipinski definition) is 1. The first-order valence-electron chi connectivity index (χ1n) is 11.4. The van der Waals surface area contributed by atoms with Crippen LogP contribution in [0.15, 0.2) is 71.2 Å². The molecule has 10 heteroatoms. The number of benzene rings is 2. The molecule has 0 unspecified atom stereocenters. The van der Waals surface area contributed by atoms with Crippen LogP contribution < -0.4 is 4.72 Å². The second-order valence-electron chi connectivity index (χ2n) is 8.68. The van der Waals surface area contributed by atoms with Crippen molar-refractivity contribution in [1.29, 1.82) is 0 Å². The van der Waals surface area contributed by atoms with Gasteiger partial charge in [0.2, 0.25) is 5.91 Å². The molecule has 5 rings (SSSR count). The fourth-order valence-electron chi connectivity index (χ4n) is 4.67. The number of carbonyl (C=O) groups excluding carboxylic acids is 1. The number of hydrogen-bond acceptors (Lipinski definition) is 5. The number of aromatic nitrogens is 2. The lowest BCUT2D eigenvalue weighted by atomic mass is 9.89. The van der Waals surface area contributed by atoms with Crippen LogP contribution in [0.2, 0.25) is 0 Å². The van der Waals surface area contributed by atoms with E-state index in [4.69, 9.17) is 0 Å². The Morgan fingerprint density at radius 3 is 2.60 bits per heavy atom. The number of nitrogens with zero attached hydrogens (tertiary/aromatic N) is 3. The summed E-state index contributed by atoms with van der Waals surface area (Å²) in [5, 5.41) is 2.55. The molecule has 1 aliphatic heterocycles. The van der Waals surface area contributed by atoms with E-state index in [-0.39, 0.29) is 24.0 Å². The van der Waals surface area contributed by atoms with Gasteiger partial charge in [0.1, 0.15) is 11.9 Å². The van der Waals surface area contributed by atoms with E-state index in [1.165, 1.54) is 17.4 Å². The monoisotopic (exact) mass is 514 g/mol. The normalized spacial score (nSPS) is 15.9. The highest BCUT2D eigenvalue weighted by Gasteiger charge is 2.28. The van der Waals surface area contributed by atoms with E-state index in [9.17, 15) is 17.6 Å². The molecule has 35 heavy (non-hydrogen) atoms. The molecule has 1 fully saturated rings. The van der Waals surface area contributed by atoms with Gasteiger partial charge in [-0.1, -0.05) is 18.2 Å². The summed E-state index contributed by atoms with van der Waals surface area (Å²) in [5.74, 6) is -0.0287. The van der Waals surface area contributed by atoms with Crippen molar-refractivity contribution in [3.8, 4) is 0 Å². The third kappa shape index (κ3) is 4.68. The van der Waals surface area contributed by atoms with Crippen LogP contribution in [-0.4, -0.2) is 41.9 Å². The smallest absolute Gasteiger partial charge is 0.263 e. The number of piperidine rings is 1. The highest BCUT2D eigenvalue weighted by molar-refractivity contribution is 7.93. The van der Waals surface area contributed by atoms with Crippen molar-refractivity contribution < 1.29 is 19.0 Å². The molecule has 0 aliphatic carbocycles. The van der Waals surface area contributed by atoms with Crippen molar-refractivity contribution in [1.82, 2.24) is 14.5 Å². The molecule has 1 aliphatic rings. The van der Waals surface area contributed by atoms with E-state index < -0.39 is 16.1 Å². The molecule has 0 saturated carbocycles. The lowest BCUT2D eigenvalue weighted by Gasteiger charge is -2.34. The van der Waals surface area contributed by atoms with Crippen LogP contribution >= 0.6 is 11.3 Å². The van der Waals surface area contributed by atoms with E-state index in [0.717, 1.165) is 18.4 Å². The van der Waals surface area contributed by atoms with Crippen molar-refractivity contribution in [3.05, 3.63) is 77.7 Å². The molecular formula is C25H27FN4O3S2. The first-order chi connectivity index (χ1) is 16.8. The maximum absolute atomic E-state index is 14.0. The Morgan fingerprint density at radius 2 is 1.91 bits per heavy atom. The topological polar surface area (TPSA) is 84.3 Å². The van der Waals surface area contributed by atoms with Crippen LogP contribution in [0.4, 0.5) is 9.52 Å². The summed E-state index contributed by atoms with van der Waals surface area (Å²) < 4.78 is 43.5. The summed E-state index contributed by atoms with van der Waals surface area (Å²) in [6.45, 7) is 3.08. The number of likely N-dealkylation sites (tertiary alicyclic amines) is 1. The molecule has 4 aromatic rings. The minimum atomic E-state index is -3.68. The maximum Gasteiger partial charge on any atom is 0.263 e. The highest BCUT2D eigenvalue weighted by Crippen LogP contribution is 2.31. The number of sulfonamides is 1. The molecular weight excluding hydrogens is 487 g/mol. The van der Waals surface area contributed by atoms with Crippen LogP contribution in [0.25, 0.3) is 10.9 Å². The summed E-state index contributed by atoms with van der Waals surface area (Å²) in [7, 11) is -3.68. The zero-order valence-corrected chi connectivity index (χ0v) is 20.7. The van der Waals surface area contributed by atoms with Gasteiger partial charge in [-0.15, -0.1) is 11.3 Å². The van der Waals surface area contributed by atoms with Crippen LogP contribution in [0.3, 0.4) is 0 Å². The zero-order valence-electron chi connectivity index (χ0n) is 19.1. The summed E-state index contributed by atoms with van der Waals surface area (Å²) in [5.41, 5.74) is 1.77. The van der Waals surface area contributed by atoms with Gasteiger partial charge in [0.15, 0.2) is 5.13 Å². The molecule has 0 spiro atoms. The average molecular weight is 515 g/mol. The Morgan fingerprint density at radius 1 is 1.17 bits per heavy atom. The zero-order chi connectivity index (χ0) is 24.6. The van der Waals surface area contributed by atoms with Gasteiger partial charge in [-0.05, 0) is 61.6 Å². The maximum atomic E-state index is 14.0. The Labute approximate surface area is 208 Å². The van der Waals surface area contributed by atoms with Crippen LogP contribution in [-0.2, 0) is 14.8 Å². The number of amides is 1. The quantitative estimate of drug-likeness (QED) is 0.381. The molecule has 1 saturated heterocycles. The Bertz CT molecular complexity index is 1450. The summed E-state index contributed by atoms with van der Waals surface area (Å²) in [6, 6.07) is 13.1. The van der Waals surface area contributed by atoms with E-state index in [2.05, 4.69) is 9.71 Å². The van der Waals surface area contributed by atoms with Crippen molar-refractivity contribution in [2.75, 3.05) is 17.8 Å². The van der Waals surface area contributed by atoms with Gasteiger partial charge in [0.25, 0.3) is 10.0 Å². The lowest BCUT2D eigenvalue weighted by molar-refractivity contribution is -0.135. The van der Waals surface area contributed by atoms with E-state index >= 15 is 0 Å². The summed E-state index contributed by atoms with van der Waals surface area (Å²) in [4.78, 5) is 19.2. The highest BCUT2D eigenvalue weighted by atomic mass is 32.2. The molecule has 2 aromatic heterocycles. The Kier molecular flexibility index (Phi) is 6.33. The van der Waals surface area contributed by atoms with Gasteiger partial charge >= 0.3 is 0 Å². The van der Waals surface area contributed by atoms with Crippen LogP contribution in [0, 0.1) is 5.82 Å². The second kappa shape index (κ2) is 9.43. The third-order valence-electron chi connectivity index (χ3n) is 6.61. The van der Waals surface area contributed by atoms with Gasteiger partial charge in [-0.25, -0.2) is 17.8 Å². The van der Waals surface area contributed by atoms with Crippen molar-refractivity contribution in [2.45, 2.75) is 36.6 Å². The fourth-order valence-corrected chi connectivity index (χ4v) is 6.46. The van der Waals surface area contributed by atoms with Gasteiger partial charge in [-0.2, -0.15) is 0 Å². The summed E-state index contributed by atoms with van der Waals surface area (Å²) >= 11 is 1.22. The largest absolute Gasteiger partial charge is 0.341 e. The van der Waals surface area contributed by atoms with Gasteiger partial charge in [-0.3, -0.25) is 9.52 Å². The van der Waals surface area contributed by atoms with E-state index in [1.807, 2.05) is 34.6 Å². The first-order valence-corrected chi connectivity index (χ1v) is 13.8. The third-order valence-corrected chi connectivity index (χ3v) is 8.78.